The number of aromatic nitrogens is 3. The Hall–Kier alpha value is -3.66. The van der Waals surface area contributed by atoms with Crippen LogP contribution < -0.4 is 5.73 Å². The number of hydrogen-bond acceptors (Lipinski definition) is 5. The van der Waals surface area contributed by atoms with E-state index in [1.54, 1.807) is 49.1 Å². The summed E-state index contributed by atoms with van der Waals surface area (Å²) in [6.07, 6.45) is -1.77. The van der Waals surface area contributed by atoms with Gasteiger partial charge in [0.2, 0.25) is 0 Å². The Balaban J connectivity index is 1.52. The molecule has 2 atom stereocenters. The van der Waals surface area contributed by atoms with Crippen LogP contribution in [0.25, 0.3) is 16.6 Å². The van der Waals surface area contributed by atoms with E-state index in [9.17, 15) is 18.0 Å². The van der Waals surface area contributed by atoms with Crippen LogP contribution in [-0.4, -0.2) is 38.8 Å². The first-order valence-corrected chi connectivity index (χ1v) is 10.3. The second-order valence-electron chi connectivity index (χ2n) is 8.10. The molecule has 0 saturated carbocycles. The maximum absolute atomic E-state index is 13.4. The number of imidazole rings is 1. The van der Waals surface area contributed by atoms with E-state index in [0.29, 0.717) is 39.1 Å². The summed E-state index contributed by atoms with van der Waals surface area (Å²) in [6.45, 7) is 1.88. The number of likely N-dealkylation sites (N-methyl/N-ethyl adjacent to an activating group) is 1. The van der Waals surface area contributed by atoms with Crippen LogP contribution in [0.5, 0.6) is 0 Å². The van der Waals surface area contributed by atoms with Crippen LogP contribution >= 0.6 is 0 Å². The maximum Gasteiger partial charge on any atom is 0.416 e. The topological polar surface area (TPSA) is 85.8 Å². The summed E-state index contributed by atoms with van der Waals surface area (Å²) in [7, 11) is 1.62. The zero-order valence-corrected chi connectivity index (χ0v) is 17.8. The Bertz CT molecular complexity index is 1400. The molecule has 170 valence electrons. The predicted molar refractivity (Wildman–Crippen MR) is 116 cm³/mol. The van der Waals surface area contributed by atoms with Gasteiger partial charge in [0.25, 0.3) is 5.91 Å². The molecule has 1 aliphatic rings. The number of anilines is 1. The van der Waals surface area contributed by atoms with Crippen molar-refractivity contribution in [3.63, 3.8) is 0 Å². The van der Waals surface area contributed by atoms with Crippen LogP contribution in [0.3, 0.4) is 0 Å². The number of rotatable bonds is 2. The second kappa shape index (κ2) is 7.45. The molecule has 2 N–H and O–H groups in total. The molecule has 3 heterocycles. The van der Waals surface area contributed by atoms with E-state index in [1.165, 1.54) is 11.0 Å². The number of benzene rings is 2. The first-order chi connectivity index (χ1) is 15.6. The summed E-state index contributed by atoms with van der Waals surface area (Å²) in [5.41, 5.74) is 8.61. The molecule has 7 nitrogen and oxygen atoms in total. The molecule has 1 amide bonds. The van der Waals surface area contributed by atoms with Crippen molar-refractivity contribution in [1.29, 1.82) is 0 Å². The number of amides is 1. The molecule has 2 aromatic carbocycles. The smallest absolute Gasteiger partial charge is 0.382 e. The standard InChI is InChI=1S/C23H20F3N5O2/c1-12-16-8-14(23(24,25)26)4-5-15(16)20(10-33-12)30(2)22(32)13-3-6-17-18(7-13)31-11-28-9-19(31)21(27)29-17/h3-9,11-12,20H,10H2,1-2H3,(H2,27,29)/t12-,20+/m0/s1. The highest BCUT2D eigenvalue weighted by Gasteiger charge is 2.35. The van der Waals surface area contributed by atoms with Crippen molar-refractivity contribution in [2.75, 3.05) is 19.4 Å². The van der Waals surface area contributed by atoms with Crippen LogP contribution in [0.15, 0.2) is 48.9 Å². The number of fused-ring (bicyclic) bond motifs is 4. The van der Waals surface area contributed by atoms with Crippen molar-refractivity contribution < 1.29 is 22.7 Å². The molecule has 4 aromatic rings. The van der Waals surface area contributed by atoms with Gasteiger partial charge >= 0.3 is 6.18 Å². The Kier molecular flexibility index (Phi) is 4.78. The van der Waals surface area contributed by atoms with Crippen LogP contribution in [0.1, 0.15) is 46.1 Å². The number of nitrogen functional groups attached to an aromatic ring is 1. The van der Waals surface area contributed by atoms with Crippen molar-refractivity contribution in [1.82, 2.24) is 19.3 Å². The van der Waals surface area contributed by atoms with Gasteiger partial charge < -0.3 is 15.4 Å². The average molecular weight is 455 g/mol. The number of ether oxygens (including phenoxy) is 1. The highest BCUT2D eigenvalue weighted by molar-refractivity contribution is 5.98. The molecular weight excluding hydrogens is 435 g/mol. The summed E-state index contributed by atoms with van der Waals surface area (Å²) < 4.78 is 47.1. The Morgan fingerprint density at radius 3 is 2.73 bits per heavy atom. The van der Waals surface area contributed by atoms with Gasteiger partial charge in [-0.1, -0.05) is 6.07 Å². The Morgan fingerprint density at radius 2 is 1.97 bits per heavy atom. The molecule has 10 heteroatoms. The molecule has 0 fully saturated rings. The molecule has 0 aliphatic carbocycles. The first kappa shape index (κ1) is 21.2. The average Bonchev–Trinajstić information content (AvgIpc) is 3.29. The number of hydrogen-bond donors (Lipinski definition) is 1. The summed E-state index contributed by atoms with van der Waals surface area (Å²) in [5.74, 6) is 0.0375. The molecule has 0 bridgehead atoms. The monoisotopic (exact) mass is 455 g/mol. The van der Waals surface area contributed by atoms with Crippen LogP contribution in [0.2, 0.25) is 0 Å². The van der Waals surface area contributed by atoms with Gasteiger partial charge in [0.1, 0.15) is 11.3 Å². The molecule has 5 rings (SSSR count). The summed E-state index contributed by atoms with van der Waals surface area (Å²) in [6, 6.07) is 8.12. The number of nitrogens with two attached hydrogens (primary N) is 1. The third-order valence-corrected chi connectivity index (χ3v) is 6.13. The zero-order valence-electron chi connectivity index (χ0n) is 17.8. The van der Waals surface area contributed by atoms with Gasteiger partial charge in [-0.15, -0.1) is 0 Å². The largest absolute Gasteiger partial charge is 0.416 e. The van der Waals surface area contributed by atoms with Crippen molar-refractivity contribution in [2.45, 2.75) is 25.2 Å². The van der Waals surface area contributed by atoms with E-state index in [1.807, 2.05) is 0 Å². The van der Waals surface area contributed by atoms with Crippen molar-refractivity contribution in [3.8, 4) is 0 Å². The fraction of sp³-hybridized carbons (Fsp3) is 0.261. The van der Waals surface area contributed by atoms with Gasteiger partial charge in [-0.3, -0.25) is 9.20 Å². The van der Waals surface area contributed by atoms with Gasteiger partial charge in [-0.2, -0.15) is 13.2 Å². The maximum atomic E-state index is 13.4. The lowest BCUT2D eigenvalue weighted by Crippen LogP contribution is -2.37. The van der Waals surface area contributed by atoms with Gasteiger partial charge in [0, 0.05) is 12.6 Å². The normalized spacial score (nSPS) is 18.5. The zero-order chi connectivity index (χ0) is 23.5. The molecule has 0 radical (unpaired) electrons. The quantitative estimate of drug-likeness (QED) is 0.485. The van der Waals surface area contributed by atoms with Gasteiger partial charge in [0.05, 0.1) is 47.9 Å². The van der Waals surface area contributed by atoms with E-state index in [2.05, 4.69) is 9.97 Å². The first-order valence-electron chi connectivity index (χ1n) is 10.3. The number of halogens is 3. The summed E-state index contributed by atoms with van der Waals surface area (Å²) in [5, 5.41) is 0. The number of nitrogens with zero attached hydrogens (tertiary/aromatic N) is 4. The lowest BCUT2D eigenvalue weighted by molar-refractivity contribution is -0.137. The van der Waals surface area contributed by atoms with Crippen LogP contribution in [0.4, 0.5) is 19.0 Å². The SMILES string of the molecule is C[C@@H]1OC[C@@H](N(C)C(=O)c2ccc3nc(N)c4cncn4c3c2)c2ccc(C(F)(F)F)cc21. The molecular formula is C23H20F3N5O2. The van der Waals surface area contributed by atoms with Crippen molar-refractivity contribution >= 4 is 28.3 Å². The second-order valence-corrected chi connectivity index (χ2v) is 8.10. The lowest BCUT2D eigenvalue weighted by atomic mass is 9.91. The van der Waals surface area contributed by atoms with Crippen molar-refractivity contribution in [3.05, 3.63) is 71.2 Å². The highest BCUT2D eigenvalue weighted by Crippen LogP contribution is 2.39. The van der Waals surface area contributed by atoms with E-state index >= 15 is 0 Å². The fourth-order valence-corrected chi connectivity index (χ4v) is 4.29. The van der Waals surface area contributed by atoms with Crippen molar-refractivity contribution in [2.24, 2.45) is 0 Å². The molecule has 2 aromatic heterocycles. The number of alkyl halides is 3. The van der Waals surface area contributed by atoms with E-state index in [-0.39, 0.29) is 12.5 Å². The number of carbonyl (C=O) groups excluding carboxylic acids is 1. The van der Waals surface area contributed by atoms with Gasteiger partial charge in [-0.05, 0) is 48.4 Å². The van der Waals surface area contributed by atoms with Gasteiger partial charge in [-0.25, -0.2) is 9.97 Å². The third-order valence-electron chi connectivity index (χ3n) is 6.13. The minimum atomic E-state index is -4.45. The number of carbonyl (C=O) groups is 1. The Morgan fingerprint density at radius 1 is 1.18 bits per heavy atom. The van der Waals surface area contributed by atoms with E-state index < -0.39 is 23.9 Å². The van der Waals surface area contributed by atoms with Gasteiger partial charge in [0.15, 0.2) is 0 Å². The third kappa shape index (κ3) is 3.46. The minimum Gasteiger partial charge on any atom is -0.382 e. The molecule has 33 heavy (non-hydrogen) atoms. The fourth-order valence-electron chi connectivity index (χ4n) is 4.29. The predicted octanol–water partition coefficient (Wildman–Crippen LogP) is 4.39. The lowest BCUT2D eigenvalue weighted by Gasteiger charge is -2.36. The van der Waals surface area contributed by atoms with E-state index in [0.717, 1.165) is 12.1 Å². The molecule has 0 unspecified atom stereocenters. The summed E-state index contributed by atoms with van der Waals surface area (Å²) in [4.78, 5) is 23.3. The molecule has 0 saturated heterocycles. The van der Waals surface area contributed by atoms with Crippen LogP contribution in [0, 0.1) is 0 Å². The summed E-state index contributed by atoms with van der Waals surface area (Å²) >= 11 is 0. The van der Waals surface area contributed by atoms with Crippen LogP contribution in [-0.2, 0) is 10.9 Å². The van der Waals surface area contributed by atoms with E-state index in [4.69, 9.17) is 10.5 Å². The Labute approximate surface area is 186 Å². The minimum absolute atomic E-state index is 0.180. The molecule has 1 aliphatic heterocycles. The highest BCUT2D eigenvalue weighted by atomic mass is 19.4. The molecule has 0 spiro atoms.